The monoisotopic (exact) mass is 233 g/mol. The standard InChI is InChI=1S/C11H15N5O/c1-4-17-11-9(12)10(13-6-14-11)16-8(3)5-7(2)15-16/h5-6H,4,12H2,1-3H3. The van der Waals surface area contributed by atoms with Gasteiger partial charge < -0.3 is 10.5 Å². The van der Waals surface area contributed by atoms with E-state index in [2.05, 4.69) is 15.1 Å². The van der Waals surface area contributed by atoms with Crippen molar-refractivity contribution in [2.24, 2.45) is 0 Å². The number of nitrogens with zero attached hydrogens (tertiary/aromatic N) is 4. The maximum absolute atomic E-state index is 5.97. The largest absolute Gasteiger partial charge is 0.476 e. The molecule has 0 unspecified atom stereocenters. The zero-order chi connectivity index (χ0) is 12.4. The van der Waals surface area contributed by atoms with Crippen molar-refractivity contribution in [1.82, 2.24) is 19.7 Å². The molecule has 0 radical (unpaired) electrons. The Bertz CT molecular complexity index is 535. The van der Waals surface area contributed by atoms with Crippen LogP contribution in [0.5, 0.6) is 5.88 Å². The minimum absolute atomic E-state index is 0.394. The van der Waals surface area contributed by atoms with Gasteiger partial charge in [-0.2, -0.15) is 10.1 Å². The van der Waals surface area contributed by atoms with Gasteiger partial charge in [0, 0.05) is 5.69 Å². The van der Waals surface area contributed by atoms with Crippen LogP contribution >= 0.6 is 0 Å². The molecule has 17 heavy (non-hydrogen) atoms. The van der Waals surface area contributed by atoms with E-state index in [1.807, 2.05) is 26.8 Å². The number of hydrogen-bond acceptors (Lipinski definition) is 5. The number of nitrogens with two attached hydrogens (primary N) is 1. The molecule has 0 saturated heterocycles. The van der Waals surface area contributed by atoms with Crippen LogP contribution in [0, 0.1) is 13.8 Å². The second kappa shape index (κ2) is 4.40. The molecule has 0 bridgehead atoms. The average Bonchev–Trinajstić information content (AvgIpc) is 2.61. The van der Waals surface area contributed by atoms with Crippen molar-refractivity contribution in [2.75, 3.05) is 12.3 Å². The van der Waals surface area contributed by atoms with Gasteiger partial charge in [-0.05, 0) is 26.8 Å². The molecule has 0 atom stereocenters. The quantitative estimate of drug-likeness (QED) is 0.863. The van der Waals surface area contributed by atoms with E-state index in [0.29, 0.717) is 24.0 Å². The van der Waals surface area contributed by atoms with E-state index >= 15 is 0 Å². The zero-order valence-corrected chi connectivity index (χ0v) is 10.1. The number of nitrogen functional groups attached to an aromatic ring is 1. The predicted molar refractivity (Wildman–Crippen MR) is 64.2 cm³/mol. The van der Waals surface area contributed by atoms with Gasteiger partial charge in [0.25, 0.3) is 0 Å². The van der Waals surface area contributed by atoms with Gasteiger partial charge in [-0.25, -0.2) is 9.67 Å². The van der Waals surface area contributed by atoms with Crippen LogP contribution in [0.25, 0.3) is 5.82 Å². The summed E-state index contributed by atoms with van der Waals surface area (Å²) in [6.45, 7) is 6.26. The first-order valence-electron chi connectivity index (χ1n) is 5.40. The first-order chi connectivity index (χ1) is 8.13. The van der Waals surface area contributed by atoms with Crippen LogP contribution in [0.15, 0.2) is 12.4 Å². The number of anilines is 1. The summed E-state index contributed by atoms with van der Waals surface area (Å²) in [5.74, 6) is 0.944. The Morgan fingerprint density at radius 2 is 2.12 bits per heavy atom. The Morgan fingerprint density at radius 1 is 1.35 bits per heavy atom. The Morgan fingerprint density at radius 3 is 2.71 bits per heavy atom. The van der Waals surface area contributed by atoms with E-state index in [4.69, 9.17) is 10.5 Å². The Hall–Kier alpha value is -2.11. The van der Waals surface area contributed by atoms with Crippen molar-refractivity contribution >= 4 is 5.69 Å². The van der Waals surface area contributed by atoms with Crippen LogP contribution in [0.4, 0.5) is 5.69 Å². The summed E-state index contributed by atoms with van der Waals surface area (Å²) < 4.78 is 7.02. The molecule has 2 aromatic rings. The van der Waals surface area contributed by atoms with Crippen molar-refractivity contribution < 1.29 is 4.74 Å². The fraction of sp³-hybridized carbons (Fsp3) is 0.364. The first kappa shape index (κ1) is 11.4. The molecular weight excluding hydrogens is 218 g/mol. The van der Waals surface area contributed by atoms with Crippen molar-refractivity contribution in [3.8, 4) is 11.7 Å². The van der Waals surface area contributed by atoms with Crippen LogP contribution < -0.4 is 10.5 Å². The molecule has 2 heterocycles. The first-order valence-corrected chi connectivity index (χ1v) is 5.40. The van der Waals surface area contributed by atoms with Crippen LogP contribution in [0.1, 0.15) is 18.3 Å². The van der Waals surface area contributed by atoms with Gasteiger partial charge in [0.05, 0.1) is 12.3 Å². The summed E-state index contributed by atoms with van der Waals surface area (Å²) in [5.41, 5.74) is 8.26. The molecule has 6 nitrogen and oxygen atoms in total. The molecule has 0 fully saturated rings. The zero-order valence-electron chi connectivity index (χ0n) is 10.1. The van der Waals surface area contributed by atoms with E-state index in [9.17, 15) is 0 Å². The summed E-state index contributed by atoms with van der Waals surface area (Å²) in [4.78, 5) is 8.14. The van der Waals surface area contributed by atoms with Gasteiger partial charge in [0.2, 0.25) is 5.88 Å². The van der Waals surface area contributed by atoms with E-state index in [-0.39, 0.29) is 0 Å². The van der Waals surface area contributed by atoms with Crippen LogP contribution in [-0.4, -0.2) is 26.4 Å². The number of rotatable bonds is 3. The van der Waals surface area contributed by atoms with Crippen molar-refractivity contribution in [3.05, 3.63) is 23.8 Å². The molecular formula is C11H15N5O. The summed E-state index contributed by atoms with van der Waals surface area (Å²) in [6, 6.07) is 1.96. The fourth-order valence-electron chi connectivity index (χ4n) is 1.63. The maximum atomic E-state index is 5.97. The summed E-state index contributed by atoms with van der Waals surface area (Å²) in [6.07, 6.45) is 1.42. The lowest BCUT2D eigenvalue weighted by Gasteiger charge is -2.09. The van der Waals surface area contributed by atoms with E-state index in [1.54, 1.807) is 4.68 Å². The highest BCUT2D eigenvalue weighted by molar-refractivity contribution is 5.59. The predicted octanol–water partition coefficient (Wildman–Crippen LogP) is 1.26. The second-order valence-corrected chi connectivity index (χ2v) is 3.69. The lowest BCUT2D eigenvalue weighted by molar-refractivity contribution is 0.328. The van der Waals surface area contributed by atoms with Gasteiger partial charge in [0.1, 0.15) is 12.0 Å². The van der Waals surface area contributed by atoms with Crippen LogP contribution in [-0.2, 0) is 0 Å². The highest BCUT2D eigenvalue weighted by Crippen LogP contribution is 2.24. The minimum Gasteiger partial charge on any atom is -0.476 e. The summed E-state index contributed by atoms with van der Waals surface area (Å²) >= 11 is 0. The molecule has 0 aliphatic carbocycles. The van der Waals surface area contributed by atoms with Gasteiger partial charge in [0.15, 0.2) is 5.82 Å². The number of aromatic nitrogens is 4. The van der Waals surface area contributed by atoms with Crippen molar-refractivity contribution in [2.45, 2.75) is 20.8 Å². The number of aryl methyl sites for hydroxylation is 2. The van der Waals surface area contributed by atoms with Crippen molar-refractivity contribution in [1.29, 1.82) is 0 Å². The van der Waals surface area contributed by atoms with Gasteiger partial charge in [-0.1, -0.05) is 0 Å². The summed E-state index contributed by atoms with van der Waals surface area (Å²) in [7, 11) is 0. The molecule has 0 aliphatic rings. The minimum atomic E-state index is 0.394. The molecule has 2 N–H and O–H groups in total. The maximum Gasteiger partial charge on any atom is 0.242 e. The number of ether oxygens (including phenoxy) is 1. The molecule has 0 aliphatic heterocycles. The third-order valence-corrected chi connectivity index (χ3v) is 2.32. The van der Waals surface area contributed by atoms with Gasteiger partial charge in [-0.15, -0.1) is 0 Å². The second-order valence-electron chi connectivity index (χ2n) is 3.69. The highest BCUT2D eigenvalue weighted by Gasteiger charge is 2.13. The fourth-order valence-corrected chi connectivity index (χ4v) is 1.63. The topological polar surface area (TPSA) is 78.9 Å². The molecule has 0 amide bonds. The molecule has 6 heteroatoms. The summed E-state index contributed by atoms with van der Waals surface area (Å²) in [5, 5.41) is 4.33. The van der Waals surface area contributed by atoms with E-state index in [1.165, 1.54) is 6.33 Å². The normalized spacial score (nSPS) is 10.5. The molecule has 0 saturated carbocycles. The lowest BCUT2D eigenvalue weighted by atomic mass is 10.4. The van der Waals surface area contributed by atoms with Gasteiger partial charge in [-0.3, -0.25) is 0 Å². The molecule has 0 aromatic carbocycles. The Kier molecular flexibility index (Phi) is 2.95. The molecule has 90 valence electrons. The van der Waals surface area contributed by atoms with E-state index in [0.717, 1.165) is 11.4 Å². The molecule has 2 rings (SSSR count). The van der Waals surface area contributed by atoms with Gasteiger partial charge >= 0.3 is 0 Å². The van der Waals surface area contributed by atoms with Crippen LogP contribution in [0.3, 0.4) is 0 Å². The smallest absolute Gasteiger partial charge is 0.242 e. The highest BCUT2D eigenvalue weighted by atomic mass is 16.5. The molecule has 0 spiro atoms. The lowest BCUT2D eigenvalue weighted by Crippen LogP contribution is -2.09. The SMILES string of the molecule is CCOc1ncnc(-n2nc(C)cc2C)c1N. The van der Waals surface area contributed by atoms with Crippen LogP contribution in [0.2, 0.25) is 0 Å². The Labute approximate surface area is 99.4 Å². The molecule has 2 aromatic heterocycles. The third-order valence-electron chi connectivity index (χ3n) is 2.32. The van der Waals surface area contributed by atoms with E-state index < -0.39 is 0 Å². The number of hydrogen-bond donors (Lipinski definition) is 1. The Balaban J connectivity index is 2.52. The average molecular weight is 233 g/mol. The van der Waals surface area contributed by atoms with Crippen molar-refractivity contribution in [3.63, 3.8) is 0 Å². The third kappa shape index (κ3) is 2.06.